The number of aromatic nitrogens is 2. The molecule has 4 nitrogen and oxygen atoms in total. The van der Waals surface area contributed by atoms with E-state index in [2.05, 4.69) is 0 Å². The fourth-order valence-electron chi connectivity index (χ4n) is 3.34. The Bertz CT molecular complexity index is 1230. The number of hydrogen-bond acceptors (Lipinski definition) is 3. The Morgan fingerprint density at radius 2 is 1.79 bits per heavy atom. The number of rotatable bonds is 3. The van der Waals surface area contributed by atoms with Crippen molar-refractivity contribution in [1.29, 1.82) is 0 Å². The molecule has 0 spiro atoms. The summed E-state index contributed by atoms with van der Waals surface area (Å²) < 4.78 is 1.57. The summed E-state index contributed by atoms with van der Waals surface area (Å²) in [5, 5.41) is 11.4. The minimum atomic E-state index is -0.885. The zero-order chi connectivity index (χ0) is 19.8. The first-order valence-electron chi connectivity index (χ1n) is 8.95. The summed E-state index contributed by atoms with van der Waals surface area (Å²) in [4.78, 5) is 17.2. The first-order valence-corrected chi connectivity index (χ1v) is 9.33. The highest BCUT2D eigenvalue weighted by molar-refractivity contribution is 6.30. The normalized spacial score (nSPS) is 12.3. The highest BCUT2D eigenvalue weighted by Gasteiger charge is 2.16. The molecule has 140 valence electrons. The summed E-state index contributed by atoms with van der Waals surface area (Å²) in [5.74, 6) is 0. The van der Waals surface area contributed by atoms with Crippen molar-refractivity contribution in [2.24, 2.45) is 7.05 Å². The summed E-state index contributed by atoms with van der Waals surface area (Å²) in [5.41, 5.74) is 5.30. The molecule has 2 aromatic heterocycles. The minimum Gasteiger partial charge on any atom is -0.382 e. The fourth-order valence-corrected chi connectivity index (χ4v) is 3.47. The number of halogens is 1. The van der Waals surface area contributed by atoms with Crippen LogP contribution in [0.1, 0.15) is 22.9 Å². The van der Waals surface area contributed by atoms with Gasteiger partial charge < -0.3 is 9.67 Å². The molecule has 1 atom stereocenters. The molecule has 0 saturated carbocycles. The Labute approximate surface area is 167 Å². The molecular weight excluding hydrogens is 372 g/mol. The van der Waals surface area contributed by atoms with Crippen LogP contribution in [0.3, 0.4) is 0 Å². The number of aliphatic hydroxyl groups is 1. The van der Waals surface area contributed by atoms with Crippen molar-refractivity contribution in [3.8, 4) is 11.1 Å². The third-order valence-corrected chi connectivity index (χ3v) is 5.16. The lowest BCUT2D eigenvalue weighted by Crippen LogP contribution is -2.17. The van der Waals surface area contributed by atoms with Gasteiger partial charge in [-0.1, -0.05) is 53.6 Å². The second kappa shape index (κ2) is 7.23. The van der Waals surface area contributed by atoms with Gasteiger partial charge in [0.25, 0.3) is 5.56 Å². The maximum absolute atomic E-state index is 12.5. The van der Waals surface area contributed by atoms with E-state index in [0.29, 0.717) is 21.8 Å². The van der Waals surface area contributed by atoms with Crippen LogP contribution in [0, 0.1) is 6.92 Å². The predicted octanol–water partition coefficient (Wildman–Crippen LogP) is 4.64. The van der Waals surface area contributed by atoms with Gasteiger partial charge in [-0.25, -0.2) is 4.98 Å². The van der Waals surface area contributed by atoms with Crippen molar-refractivity contribution in [1.82, 2.24) is 9.55 Å². The second-order valence-electron chi connectivity index (χ2n) is 6.88. The summed E-state index contributed by atoms with van der Waals surface area (Å²) in [6, 6.07) is 20.2. The number of aliphatic hydroxyl groups excluding tert-OH is 1. The molecule has 1 N–H and O–H groups in total. The van der Waals surface area contributed by atoms with E-state index in [1.807, 2.05) is 37.3 Å². The molecule has 0 radical (unpaired) electrons. The average Bonchev–Trinajstić information content (AvgIpc) is 2.70. The van der Waals surface area contributed by atoms with Crippen molar-refractivity contribution >= 4 is 22.6 Å². The van der Waals surface area contributed by atoms with E-state index >= 15 is 0 Å². The smallest absolute Gasteiger partial charge is 0.251 e. The molecule has 0 aliphatic carbocycles. The third kappa shape index (κ3) is 3.33. The zero-order valence-electron chi connectivity index (χ0n) is 15.6. The number of aryl methyl sites for hydroxylation is 2. The van der Waals surface area contributed by atoms with E-state index in [-0.39, 0.29) is 5.56 Å². The van der Waals surface area contributed by atoms with Crippen LogP contribution in [-0.4, -0.2) is 14.7 Å². The highest BCUT2D eigenvalue weighted by Crippen LogP contribution is 2.29. The lowest BCUT2D eigenvalue weighted by molar-refractivity contribution is 0.216. The molecule has 2 heterocycles. The van der Waals surface area contributed by atoms with Gasteiger partial charge in [0.1, 0.15) is 6.10 Å². The number of fused-ring (bicyclic) bond motifs is 1. The Morgan fingerprint density at radius 1 is 1.04 bits per heavy atom. The largest absolute Gasteiger partial charge is 0.382 e. The molecule has 0 aliphatic heterocycles. The molecule has 0 bridgehead atoms. The van der Waals surface area contributed by atoms with Crippen LogP contribution in [0.5, 0.6) is 0 Å². The number of benzene rings is 2. The van der Waals surface area contributed by atoms with Gasteiger partial charge in [0.2, 0.25) is 0 Å². The molecule has 0 aliphatic rings. The number of nitrogens with zero attached hydrogens (tertiary/aromatic N) is 2. The van der Waals surface area contributed by atoms with Gasteiger partial charge in [0.05, 0.1) is 16.7 Å². The molecule has 0 amide bonds. The number of pyridine rings is 2. The lowest BCUT2D eigenvalue weighted by atomic mass is 10.0. The molecule has 4 rings (SSSR count). The Balaban J connectivity index is 1.92. The van der Waals surface area contributed by atoms with E-state index < -0.39 is 6.10 Å². The predicted molar refractivity (Wildman–Crippen MR) is 113 cm³/mol. The molecule has 5 heteroatoms. The summed E-state index contributed by atoms with van der Waals surface area (Å²) >= 11 is 5.94. The van der Waals surface area contributed by atoms with Crippen molar-refractivity contribution in [3.63, 3.8) is 0 Å². The molecule has 2 aromatic carbocycles. The van der Waals surface area contributed by atoms with E-state index in [9.17, 15) is 9.90 Å². The van der Waals surface area contributed by atoms with E-state index in [4.69, 9.17) is 16.6 Å². The van der Waals surface area contributed by atoms with Gasteiger partial charge >= 0.3 is 0 Å². The van der Waals surface area contributed by atoms with Crippen LogP contribution in [0.4, 0.5) is 0 Å². The van der Waals surface area contributed by atoms with Crippen LogP contribution >= 0.6 is 11.6 Å². The summed E-state index contributed by atoms with van der Waals surface area (Å²) in [7, 11) is 1.72. The minimum absolute atomic E-state index is 0.100. The van der Waals surface area contributed by atoms with E-state index in [1.165, 1.54) is 0 Å². The quantitative estimate of drug-likeness (QED) is 0.554. The fraction of sp³-hybridized carbons (Fsp3) is 0.130. The van der Waals surface area contributed by atoms with Crippen LogP contribution in [0.2, 0.25) is 5.02 Å². The average molecular weight is 391 g/mol. The second-order valence-corrected chi connectivity index (χ2v) is 7.32. The van der Waals surface area contributed by atoms with Gasteiger partial charge in [-0.15, -0.1) is 0 Å². The maximum Gasteiger partial charge on any atom is 0.251 e. The van der Waals surface area contributed by atoms with Crippen molar-refractivity contribution in [2.75, 3.05) is 0 Å². The Morgan fingerprint density at radius 3 is 2.50 bits per heavy atom. The van der Waals surface area contributed by atoms with Gasteiger partial charge in [0, 0.05) is 23.7 Å². The van der Waals surface area contributed by atoms with Crippen LogP contribution in [-0.2, 0) is 7.05 Å². The standard InChI is InChI=1S/C23H19ClN2O2/c1-14-4-3-5-16(12-14)18-13-21(27)26(2)20-11-10-19(25-22(18)20)23(28)15-6-8-17(24)9-7-15/h3-13,23,28H,1-2H3. The lowest BCUT2D eigenvalue weighted by Gasteiger charge is -2.15. The number of hydrogen-bond donors (Lipinski definition) is 1. The third-order valence-electron chi connectivity index (χ3n) is 4.91. The summed E-state index contributed by atoms with van der Waals surface area (Å²) in [6.07, 6.45) is -0.885. The van der Waals surface area contributed by atoms with Crippen molar-refractivity contribution < 1.29 is 5.11 Å². The summed E-state index contributed by atoms with van der Waals surface area (Å²) in [6.45, 7) is 2.01. The topological polar surface area (TPSA) is 55.1 Å². The molecular formula is C23H19ClN2O2. The van der Waals surface area contributed by atoms with Crippen molar-refractivity contribution in [2.45, 2.75) is 13.0 Å². The van der Waals surface area contributed by atoms with E-state index in [1.54, 1.807) is 48.0 Å². The van der Waals surface area contributed by atoms with Crippen LogP contribution in [0.25, 0.3) is 22.2 Å². The zero-order valence-corrected chi connectivity index (χ0v) is 16.3. The first-order chi connectivity index (χ1) is 13.4. The maximum atomic E-state index is 12.5. The molecule has 0 saturated heterocycles. The van der Waals surface area contributed by atoms with E-state index in [0.717, 1.165) is 22.2 Å². The van der Waals surface area contributed by atoms with Gasteiger partial charge in [0.15, 0.2) is 0 Å². The SMILES string of the molecule is Cc1cccc(-c2cc(=O)n(C)c3ccc(C(O)c4ccc(Cl)cc4)nc23)c1. The Hall–Kier alpha value is -2.95. The molecule has 4 aromatic rings. The van der Waals surface area contributed by atoms with Gasteiger partial charge in [-0.05, 0) is 42.3 Å². The monoisotopic (exact) mass is 390 g/mol. The molecule has 1 unspecified atom stereocenters. The van der Waals surface area contributed by atoms with Gasteiger partial charge in [-0.2, -0.15) is 0 Å². The van der Waals surface area contributed by atoms with Gasteiger partial charge in [-0.3, -0.25) is 4.79 Å². The Kier molecular flexibility index (Phi) is 4.75. The first kappa shape index (κ1) is 18.4. The highest BCUT2D eigenvalue weighted by atomic mass is 35.5. The molecule has 0 fully saturated rings. The van der Waals surface area contributed by atoms with Crippen LogP contribution < -0.4 is 5.56 Å². The molecule has 28 heavy (non-hydrogen) atoms. The van der Waals surface area contributed by atoms with Crippen LogP contribution in [0.15, 0.2) is 71.5 Å². The van der Waals surface area contributed by atoms with Crippen molar-refractivity contribution in [3.05, 3.63) is 98.9 Å².